The Kier molecular flexibility index (Phi) is 4.02. The fourth-order valence-electron chi connectivity index (χ4n) is 2.47. The standard InChI is InChI=1S/C16H23N3O/c1-11(2)9-14-15(17)16(20)19(18(14)4)10-13-8-6-5-7-12(13)3/h5-8,11H,9-10,17H2,1-4H3. The molecule has 108 valence electrons. The van der Waals surface area contributed by atoms with Gasteiger partial charge in [-0.25, -0.2) is 4.68 Å². The number of hydrogen-bond acceptors (Lipinski definition) is 2. The maximum atomic E-state index is 12.3. The number of rotatable bonds is 4. The van der Waals surface area contributed by atoms with Gasteiger partial charge in [-0.3, -0.25) is 9.48 Å². The predicted octanol–water partition coefficient (Wildman–Crippen LogP) is 2.32. The van der Waals surface area contributed by atoms with Crippen LogP contribution in [0.15, 0.2) is 29.1 Å². The van der Waals surface area contributed by atoms with Gasteiger partial charge in [0.05, 0.1) is 12.2 Å². The lowest BCUT2D eigenvalue weighted by Crippen LogP contribution is -2.23. The van der Waals surface area contributed by atoms with Crippen molar-refractivity contribution < 1.29 is 0 Å². The van der Waals surface area contributed by atoms with Crippen LogP contribution in [-0.2, 0) is 20.0 Å². The van der Waals surface area contributed by atoms with E-state index in [1.165, 1.54) is 5.56 Å². The normalized spacial score (nSPS) is 11.2. The minimum Gasteiger partial charge on any atom is -0.393 e. The first-order valence-electron chi connectivity index (χ1n) is 7.00. The molecular formula is C16H23N3O. The van der Waals surface area contributed by atoms with Crippen LogP contribution in [0.4, 0.5) is 5.69 Å². The molecule has 0 bridgehead atoms. The van der Waals surface area contributed by atoms with Crippen LogP contribution in [0.25, 0.3) is 0 Å². The first-order valence-corrected chi connectivity index (χ1v) is 7.00. The molecule has 0 aliphatic carbocycles. The van der Waals surface area contributed by atoms with E-state index in [9.17, 15) is 4.79 Å². The Labute approximate surface area is 119 Å². The summed E-state index contributed by atoms with van der Waals surface area (Å²) in [6.45, 7) is 6.87. The summed E-state index contributed by atoms with van der Waals surface area (Å²) in [6.07, 6.45) is 0.818. The van der Waals surface area contributed by atoms with Crippen LogP contribution in [0, 0.1) is 12.8 Å². The molecule has 0 radical (unpaired) electrons. The monoisotopic (exact) mass is 273 g/mol. The summed E-state index contributed by atoms with van der Waals surface area (Å²) in [4.78, 5) is 12.3. The number of aromatic nitrogens is 2. The molecule has 0 amide bonds. The molecule has 1 aromatic carbocycles. The Bertz CT molecular complexity index is 665. The summed E-state index contributed by atoms with van der Waals surface area (Å²) in [5.74, 6) is 0.470. The van der Waals surface area contributed by atoms with E-state index in [4.69, 9.17) is 5.73 Å². The second-order valence-electron chi connectivity index (χ2n) is 5.77. The van der Waals surface area contributed by atoms with Crippen molar-refractivity contribution in [2.24, 2.45) is 13.0 Å². The molecule has 0 spiro atoms. The molecule has 1 heterocycles. The van der Waals surface area contributed by atoms with Crippen LogP contribution in [0.2, 0.25) is 0 Å². The van der Waals surface area contributed by atoms with Gasteiger partial charge < -0.3 is 5.73 Å². The fraction of sp³-hybridized carbons (Fsp3) is 0.438. The van der Waals surface area contributed by atoms with E-state index in [-0.39, 0.29) is 5.56 Å². The number of nitrogens with two attached hydrogens (primary N) is 1. The van der Waals surface area contributed by atoms with Crippen molar-refractivity contribution in [2.75, 3.05) is 5.73 Å². The summed E-state index contributed by atoms with van der Waals surface area (Å²) < 4.78 is 3.62. The van der Waals surface area contributed by atoms with Crippen molar-refractivity contribution in [3.63, 3.8) is 0 Å². The molecule has 0 saturated heterocycles. The minimum atomic E-state index is -0.0913. The number of anilines is 1. The molecule has 2 N–H and O–H groups in total. The summed E-state index contributed by atoms with van der Waals surface area (Å²) in [7, 11) is 1.91. The zero-order chi connectivity index (χ0) is 14.9. The Morgan fingerprint density at radius 1 is 1.25 bits per heavy atom. The lowest BCUT2D eigenvalue weighted by Gasteiger charge is -2.12. The molecule has 0 atom stereocenters. The number of aryl methyl sites for hydroxylation is 1. The second kappa shape index (κ2) is 5.57. The van der Waals surface area contributed by atoms with Crippen LogP contribution >= 0.6 is 0 Å². The molecule has 20 heavy (non-hydrogen) atoms. The SMILES string of the molecule is Cc1ccccc1Cn1c(=O)c(N)c(CC(C)C)n1C. The summed E-state index contributed by atoms with van der Waals surface area (Å²) in [5, 5.41) is 0. The average Bonchev–Trinajstić information content (AvgIpc) is 2.58. The van der Waals surface area contributed by atoms with Crippen LogP contribution in [-0.4, -0.2) is 9.36 Å². The molecule has 0 fully saturated rings. The Balaban J connectivity index is 2.43. The molecule has 4 nitrogen and oxygen atoms in total. The predicted molar refractivity (Wildman–Crippen MR) is 82.9 cm³/mol. The minimum absolute atomic E-state index is 0.0913. The van der Waals surface area contributed by atoms with Gasteiger partial charge in [-0.05, 0) is 30.4 Å². The van der Waals surface area contributed by atoms with E-state index in [2.05, 4.69) is 26.8 Å². The highest BCUT2D eigenvalue weighted by molar-refractivity contribution is 5.42. The largest absolute Gasteiger partial charge is 0.393 e. The highest BCUT2D eigenvalue weighted by Gasteiger charge is 2.16. The van der Waals surface area contributed by atoms with Gasteiger partial charge in [0.25, 0.3) is 5.56 Å². The van der Waals surface area contributed by atoms with Crippen molar-refractivity contribution in [1.29, 1.82) is 0 Å². The van der Waals surface area contributed by atoms with Gasteiger partial charge in [-0.15, -0.1) is 0 Å². The van der Waals surface area contributed by atoms with Gasteiger partial charge in [-0.1, -0.05) is 38.1 Å². The zero-order valence-corrected chi connectivity index (χ0v) is 12.7. The van der Waals surface area contributed by atoms with E-state index < -0.39 is 0 Å². The number of nitrogens with zero attached hydrogens (tertiary/aromatic N) is 2. The van der Waals surface area contributed by atoms with E-state index in [0.29, 0.717) is 18.2 Å². The van der Waals surface area contributed by atoms with Crippen LogP contribution in [0.3, 0.4) is 0 Å². The van der Waals surface area contributed by atoms with E-state index >= 15 is 0 Å². The summed E-state index contributed by atoms with van der Waals surface area (Å²) >= 11 is 0. The number of hydrogen-bond donors (Lipinski definition) is 1. The highest BCUT2D eigenvalue weighted by atomic mass is 16.1. The smallest absolute Gasteiger partial charge is 0.290 e. The van der Waals surface area contributed by atoms with Gasteiger partial charge in [0, 0.05) is 7.05 Å². The lowest BCUT2D eigenvalue weighted by molar-refractivity contribution is 0.499. The van der Waals surface area contributed by atoms with Crippen LogP contribution < -0.4 is 11.3 Å². The molecule has 0 aliphatic heterocycles. The van der Waals surface area contributed by atoms with Gasteiger partial charge in [0.15, 0.2) is 0 Å². The third-order valence-electron chi connectivity index (χ3n) is 3.71. The summed E-state index contributed by atoms with van der Waals surface area (Å²) in [6, 6.07) is 8.11. The summed E-state index contributed by atoms with van der Waals surface area (Å²) in [5.41, 5.74) is 9.54. The van der Waals surface area contributed by atoms with Crippen LogP contribution in [0.1, 0.15) is 30.7 Å². The maximum absolute atomic E-state index is 12.3. The second-order valence-corrected chi connectivity index (χ2v) is 5.77. The molecule has 1 aromatic heterocycles. The molecular weight excluding hydrogens is 250 g/mol. The first-order chi connectivity index (χ1) is 9.41. The van der Waals surface area contributed by atoms with E-state index in [0.717, 1.165) is 17.7 Å². The van der Waals surface area contributed by atoms with E-state index in [1.54, 1.807) is 4.68 Å². The van der Waals surface area contributed by atoms with Crippen molar-refractivity contribution >= 4 is 5.69 Å². The third-order valence-corrected chi connectivity index (χ3v) is 3.71. The molecule has 2 rings (SSSR count). The van der Waals surface area contributed by atoms with Crippen molar-refractivity contribution in [3.05, 3.63) is 51.4 Å². The highest BCUT2D eigenvalue weighted by Crippen LogP contribution is 2.15. The molecule has 4 heteroatoms. The third kappa shape index (κ3) is 2.64. The zero-order valence-electron chi connectivity index (χ0n) is 12.7. The maximum Gasteiger partial charge on any atom is 0.290 e. The first kappa shape index (κ1) is 14.4. The van der Waals surface area contributed by atoms with Gasteiger partial charge in [0.1, 0.15) is 5.69 Å². The quantitative estimate of drug-likeness (QED) is 0.929. The van der Waals surface area contributed by atoms with Crippen LogP contribution in [0.5, 0.6) is 0 Å². The van der Waals surface area contributed by atoms with E-state index in [1.807, 2.05) is 29.9 Å². The van der Waals surface area contributed by atoms with Crippen molar-refractivity contribution in [1.82, 2.24) is 9.36 Å². The van der Waals surface area contributed by atoms with Gasteiger partial charge in [0.2, 0.25) is 0 Å². The number of benzene rings is 1. The molecule has 0 unspecified atom stereocenters. The van der Waals surface area contributed by atoms with Crippen molar-refractivity contribution in [3.8, 4) is 0 Å². The Morgan fingerprint density at radius 3 is 2.50 bits per heavy atom. The molecule has 0 saturated carbocycles. The molecule has 2 aromatic rings. The van der Waals surface area contributed by atoms with Gasteiger partial charge >= 0.3 is 0 Å². The Morgan fingerprint density at radius 2 is 1.90 bits per heavy atom. The lowest BCUT2D eigenvalue weighted by atomic mass is 10.1. The Hall–Kier alpha value is -1.97. The van der Waals surface area contributed by atoms with Crippen molar-refractivity contribution in [2.45, 2.75) is 33.7 Å². The van der Waals surface area contributed by atoms with Gasteiger partial charge in [-0.2, -0.15) is 0 Å². The topological polar surface area (TPSA) is 52.9 Å². The fourth-order valence-corrected chi connectivity index (χ4v) is 2.47. The average molecular weight is 273 g/mol. The molecule has 0 aliphatic rings. The number of nitrogen functional groups attached to an aromatic ring is 1.